The molecule has 6 nitrogen and oxygen atoms in total. The molecule has 1 heterocycles. The molecule has 0 aromatic carbocycles. The number of carboxylic acids is 1. The first-order chi connectivity index (χ1) is 8.93. The molecular weight excluding hydrogens is 295 g/mol. The number of hydrogen-bond donors (Lipinski definition) is 2. The largest absolute Gasteiger partial charge is 0.481 e. The minimum Gasteiger partial charge on any atom is -0.481 e. The van der Waals surface area contributed by atoms with E-state index in [2.05, 4.69) is 10.3 Å². The molecule has 0 fully saturated rings. The van der Waals surface area contributed by atoms with Gasteiger partial charge < -0.3 is 15.2 Å². The Morgan fingerprint density at radius 1 is 1.53 bits per heavy atom. The maximum absolute atomic E-state index is 11.8. The van der Waals surface area contributed by atoms with Gasteiger partial charge in [-0.05, 0) is 6.07 Å². The van der Waals surface area contributed by atoms with Crippen LogP contribution in [0.3, 0.4) is 0 Å². The van der Waals surface area contributed by atoms with Crippen LogP contribution in [0, 0.1) is 0 Å². The first kappa shape index (κ1) is 15.7. The number of carbonyl (C=O) groups is 2. The van der Waals surface area contributed by atoms with E-state index in [0.29, 0.717) is 0 Å². The van der Waals surface area contributed by atoms with Crippen molar-refractivity contribution in [3.63, 3.8) is 0 Å². The second kappa shape index (κ2) is 7.28. The van der Waals surface area contributed by atoms with Crippen LogP contribution in [0.1, 0.15) is 16.8 Å². The van der Waals surface area contributed by atoms with E-state index < -0.39 is 18.0 Å². The number of aliphatic carboxylic acids is 1. The van der Waals surface area contributed by atoms with Gasteiger partial charge in [-0.2, -0.15) is 0 Å². The molecule has 1 amide bonds. The van der Waals surface area contributed by atoms with Crippen molar-refractivity contribution in [2.24, 2.45) is 0 Å². The van der Waals surface area contributed by atoms with Gasteiger partial charge in [0.05, 0.1) is 23.1 Å². The van der Waals surface area contributed by atoms with Crippen molar-refractivity contribution in [3.05, 3.63) is 28.0 Å². The molecule has 0 aliphatic carbocycles. The molecule has 104 valence electrons. The second-order valence-corrected chi connectivity index (χ2v) is 4.45. The standard InChI is InChI=1S/C11H12Cl2N2O4/c1-19-6(2-10(16)17)4-15-11(18)7-3-9(13)14-5-8(7)12/h3,5-6H,2,4H2,1H3,(H,15,18)(H,16,17). The van der Waals surface area contributed by atoms with Gasteiger partial charge in [0.1, 0.15) is 5.15 Å². The Morgan fingerprint density at radius 2 is 2.21 bits per heavy atom. The van der Waals surface area contributed by atoms with Crippen LogP contribution in [-0.4, -0.2) is 41.7 Å². The third-order valence-corrected chi connectivity index (χ3v) is 2.80. The van der Waals surface area contributed by atoms with Gasteiger partial charge in [-0.3, -0.25) is 9.59 Å². The van der Waals surface area contributed by atoms with Gasteiger partial charge in [-0.1, -0.05) is 23.2 Å². The van der Waals surface area contributed by atoms with Gasteiger partial charge in [-0.15, -0.1) is 0 Å². The number of halogens is 2. The summed E-state index contributed by atoms with van der Waals surface area (Å²) in [6, 6.07) is 1.33. The summed E-state index contributed by atoms with van der Waals surface area (Å²) in [6.45, 7) is 0.0535. The van der Waals surface area contributed by atoms with Crippen molar-refractivity contribution in [1.82, 2.24) is 10.3 Å². The summed E-state index contributed by atoms with van der Waals surface area (Å²) >= 11 is 11.5. The number of pyridine rings is 1. The number of carboxylic acid groups (broad SMARTS) is 1. The summed E-state index contributed by atoms with van der Waals surface area (Å²) in [5.41, 5.74) is 0.173. The second-order valence-electron chi connectivity index (χ2n) is 3.65. The van der Waals surface area contributed by atoms with Crippen molar-refractivity contribution < 1.29 is 19.4 Å². The number of carbonyl (C=O) groups excluding carboxylic acids is 1. The molecule has 0 radical (unpaired) electrons. The zero-order valence-corrected chi connectivity index (χ0v) is 11.5. The van der Waals surface area contributed by atoms with Gasteiger partial charge in [0.25, 0.3) is 5.91 Å². The highest BCUT2D eigenvalue weighted by Crippen LogP contribution is 2.17. The SMILES string of the molecule is COC(CNC(=O)c1cc(Cl)ncc1Cl)CC(=O)O. The van der Waals surface area contributed by atoms with Crippen molar-refractivity contribution in [2.45, 2.75) is 12.5 Å². The van der Waals surface area contributed by atoms with Crippen LogP contribution in [0.2, 0.25) is 10.2 Å². The van der Waals surface area contributed by atoms with Crippen molar-refractivity contribution >= 4 is 35.1 Å². The molecular formula is C11H12Cl2N2O4. The topological polar surface area (TPSA) is 88.5 Å². The van der Waals surface area contributed by atoms with E-state index in [0.717, 1.165) is 0 Å². The molecule has 1 unspecified atom stereocenters. The molecule has 1 aromatic rings. The Labute approximate surface area is 119 Å². The van der Waals surface area contributed by atoms with Gasteiger partial charge in [0, 0.05) is 19.9 Å². The van der Waals surface area contributed by atoms with Crippen LogP contribution in [0.15, 0.2) is 12.3 Å². The molecule has 1 atom stereocenters. The number of nitrogens with zero attached hydrogens (tertiary/aromatic N) is 1. The van der Waals surface area contributed by atoms with E-state index in [1.54, 1.807) is 0 Å². The predicted molar refractivity (Wildman–Crippen MR) is 69.6 cm³/mol. The van der Waals surface area contributed by atoms with Crippen molar-refractivity contribution in [3.8, 4) is 0 Å². The van der Waals surface area contributed by atoms with Crippen LogP contribution in [0.25, 0.3) is 0 Å². The lowest BCUT2D eigenvalue weighted by molar-refractivity contribution is -0.139. The Balaban J connectivity index is 2.64. The van der Waals surface area contributed by atoms with Crippen LogP contribution in [0.5, 0.6) is 0 Å². The summed E-state index contributed by atoms with van der Waals surface area (Å²) in [7, 11) is 1.37. The Kier molecular flexibility index (Phi) is 6.01. The highest BCUT2D eigenvalue weighted by molar-refractivity contribution is 6.35. The maximum atomic E-state index is 11.8. The summed E-state index contributed by atoms with van der Waals surface area (Å²) in [5, 5.41) is 11.5. The highest BCUT2D eigenvalue weighted by atomic mass is 35.5. The zero-order chi connectivity index (χ0) is 14.4. The van der Waals surface area contributed by atoms with Crippen LogP contribution < -0.4 is 5.32 Å². The van der Waals surface area contributed by atoms with E-state index in [-0.39, 0.29) is 28.7 Å². The molecule has 0 spiro atoms. The lowest BCUT2D eigenvalue weighted by Crippen LogP contribution is -2.34. The summed E-state index contributed by atoms with van der Waals surface area (Å²) in [6.07, 6.45) is 0.448. The Bertz CT molecular complexity index is 482. The van der Waals surface area contributed by atoms with Gasteiger partial charge >= 0.3 is 5.97 Å². The number of aromatic nitrogens is 1. The predicted octanol–water partition coefficient (Wildman–Crippen LogP) is 1.61. The van der Waals surface area contributed by atoms with Crippen molar-refractivity contribution in [2.75, 3.05) is 13.7 Å². The number of ether oxygens (including phenoxy) is 1. The number of hydrogen-bond acceptors (Lipinski definition) is 4. The number of methoxy groups -OCH3 is 1. The molecule has 0 saturated carbocycles. The quantitative estimate of drug-likeness (QED) is 0.779. The Hall–Kier alpha value is -1.37. The minimum atomic E-state index is -1.01. The van der Waals surface area contributed by atoms with Crippen LogP contribution in [0.4, 0.5) is 0 Å². The molecule has 2 N–H and O–H groups in total. The fourth-order valence-corrected chi connectivity index (χ4v) is 1.67. The van der Waals surface area contributed by atoms with E-state index in [4.69, 9.17) is 33.0 Å². The fourth-order valence-electron chi connectivity index (χ4n) is 1.32. The van der Waals surface area contributed by atoms with Gasteiger partial charge in [0.2, 0.25) is 0 Å². The normalized spacial score (nSPS) is 11.9. The molecule has 0 saturated heterocycles. The molecule has 1 aromatic heterocycles. The van der Waals surface area contributed by atoms with Crippen LogP contribution in [-0.2, 0) is 9.53 Å². The number of rotatable bonds is 6. The smallest absolute Gasteiger partial charge is 0.306 e. The summed E-state index contributed by atoms with van der Waals surface area (Å²) in [5.74, 6) is -1.48. The van der Waals surface area contributed by atoms with Crippen LogP contribution >= 0.6 is 23.2 Å². The van der Waals surface area contributed by atoms with E-state index in [9.17, 15) is 9.59 Å². The third-order valence-electron chi connectivity index (χ3n) is 2.29. The summed E-state index contributed by atoms with van der Waals surface area (Å²) < 4.78 is 4.93. The molecule has 0 aliphatic heterocycles. The molecule has 19 heavy (non-hydrogen) atoms. The molecule has 1 rings (SSSR count). The monoisotopic (exact) mass is 306 g/mol. The first-order valence-electron chi connectivity index (χ1n) is 5.28. The lowest BCUT2D eigenvalue weighted by atomic mass is 10.2. The summed E-state index contributed by atoms with van der Waals surface area (Å²) in [4.78, 5) is 26.1. The molecule has 0 aliphatic rings. The first-order valence-corrected chi connectivity index (χ1v) is 6.03. The van der Waals surface area contributed by atoms with E-state index >= 15 is 0 Å². The average molecular weight is 307 g/mol. The highest BCUT2D eigenvalue weighted by Gasteiger charge is 2.16. The van der Waals surface area contributed by atoms with E-state index in [1.165, 1.54) is 19.4 Å². The number of amides is 1. The average Bonchev–Trinajstić information content (AvgIpc) is 2.36. The van der Waals surface area contributed by atoms with Gasteiger partial charge in [0.15, 0.2) is 0 Å². The Morgan fingerprint density at radius 3 is 2.79 bits per heavy atom. The fraction of sp³-hybridized carbons (Fsp3) is 0.364. The van der Waals surface area contributed by atoms with E-state index in [1.807, 2.05) is 0 Å². The van der Waals surface area contributed by atoms with Crippen molar-refractivity contribution in [1.29, 1.82) is 0 Å². The zero-order valence-electron chi connectivity index (χ0n) is 10.0. The lowest BCUT2D eigenvalue weighted by Gasteiger charge is -2.14. The minimum absolute atomic E-state index is 0.0535. The number of nitrogens with one attached hydrogen (secondary N) is 1. The third kappa shape index (κ3) is 5.02. The maximum Gasteiger partial charge on any atom is 0.306 e. The molecule has 8 heteroatoms. The molecule has 0 bridgehead atoms. The van der Waals surface area contributed by atoms with Gasteiger partial charge in [-0.25, -0.2) is 4.98 Å².